The molecule has 19 heavy (non-hydrogen) atoms. The maximum atomic E-state index is 11.9. The molecule has 1 unspecified atom stereocenters. The summed E-state index contributed by atoms with van der Waals surface area (Å²) in [7, 11) is 1.27. The van der Waals surface area contributed by atoms with Crippen molar-refractivity contribution in [1.29, 1.82) is 0 Å². The van der Waals surface area contributed by atoms with E-state index in [-0.39, 0.29) is 11.8 Å². The van der Waals surface area contributed by atoms with E-state index in [1.54, 1.807) is 0 Å². The molecule has 1 aliphatic rings. The smallest absolute Gasteiger partial charge is 0.329 e. The molecule has 0 bridgehead atoms. The Kier molecular flexibility index (Phi) is 4.31. The summed E-state index contributed by atoms with van der Waals surface area (Å²) in [6.07, 6.45) is 1.50. The van der Waals surface area contributed by atoms with Crippen LogP contribution in [0.1, 0.15) is 24.1 Å². The molecule has 2 rings (SSSR count). The number of piperidine rings is 1. The van der Waals surface area contributed by atoms with Crippen LogP contribution >= 0.6 is 11.3 Å². The number of esters is 1. The van der Waals surface area contributed by atoms with E-state index in [2.05, 4.69) is 0 Å². The van der Waals surface area contributed by atoms with E-state index in [9.17, 15) is 14.4 Å². The average Bonchev–Trinajstić information content (AvgIpc) is 2.89. The predicted molar refractivity (Wildman–Crippen MR) is 69.5 cm³/mol. The van der Waals surface area contributed by atoms with Gasteiger partial charge < -0.3 is 4.74 Å². The molecule has 1 saturated heterocycles. The molecule has 0 spiro atoms. The summed E-state index contributed by atoms with van der Waals surface area (Å²) < 4.78 is 4.73. The van der Waals surface area contributed by atoms with E-state index in [0.717, 1.165) is 9.78 Å². The minimum Gasteiger partial charge on any atom is -0.467 e. The SMILES string of the molecule is COC(=O)C(Cc1cccs1)N1C(=O)CCCC1=O. The Hall–Kier alpha value is -1.69. The van der Waals surface area contributed by atoms with Gasteiger partial charge in [-0.15, -0.1) is 11.3 Å². The zero-order valence-electron chi connectivity index (χ0n) is 10.6. The van der Waals surface area contributed by atoms with Gasteiger partial charge in [0.05, 0.1) is 7.11 Å². The number of thiophene rings is 1. The fourth-order valence-electron chi connectivity index (χ4n) is 2.15. The van der Waals surface area contributed by atoms with Crippen molar-refractivity contribution in [2.24, 2.45) is 0 Å². The lowest BCUT2D eigenvalue weighted by Crippen LogP contribution is -2.51. The maximum absolute atomic E-state index is 11.9. The number of nitrogens with zero attached hydrogens (tertiary/aromatic N) is 1. The molecule has 0 radical (unpaired) electrons. The zero-order chi connectivity index (χ0) is 13.8. The molecule has 102 valence electrons. The van der Waals surface area contributed by atoms with Crippen LogP contribution in [-0.4, -0.2) is 35.8 Å². The molecule has 1 fully saturated rings. The Labute approximate surface area is 115 Å². The lowest BCUT2D eigenvalue weighted by atomic mass is 10.0. The standard InChI is InChI=1S/C13H15NO4S/c1-18-13(17)10(8-9-4-3-7-19-9)14-11(15)5-2-6-12(14)16/h3-4,7,10H,2,5-6,8H2,1H3. The number of hydrogen-bond acceptors (Lipinski definition) is 5. The number of amides is 2. The lowest BCUT2D eigenvalue weighted by Gasteiger charge is -2.30. The highest BCUT2D eigenvalue weighted by molar-refractivity contribution is 7.09. The topological polar surface area (TPSA) is 63.7 Å². The highest BCUT2D eigenvalue weighted by Crippen LogP contribution is 2.21. The van der Waals surface area contributed by atoms with E-state index < -0.39 is 12.0 Å². The van der Waals surface area contributed by atoms with Crippen molar-refractivity contribution >= 4 is 29.1 Å². The lowest BCUT2D eigenvalue weighted by molar-refractivity contribution is -0.161. The molecule has 1 aromatic rings. The minimum absolute atomic E-state index is 0.289. The largest absolute Gasteiger partial charge is 0.467 e. The summed E-state index contributed by atoms with van der Waals surface area (Å²) in [6.45, 7) is 0. The fourth-order valence-corrected chi connectivity index (χ4v) is 2.90. The van der Waals surface area contributed by atoms with E-state index >= 15 is 0 Å². The fraction of sp³-hybridized carbons (Fsp3) is 0.462. The van der Waals surface area contributed by atoms with Crippen LogP contribution in [0.25, 0.3) is 0 Å². The van der Waals surface area contributed by atoms with Gasteiger partial charge in [0.25, 0.3) is 0 Å². The van der Waals surface area contributed by atoms with Gasteiger partial charge in [-0.25, -0.2) is 4.79 Å². The van der Waals surface area contributed by atoms with E-state index in [4.69, 9.17) is 4.74 Å². The van der Waals surface area contributed by atoms with Gasteiger partial charge >= 0.3 is 5.97 Å². The molecule has 1 aliphatic heterocycles. The molecule has 0 aromatic carbocycles. The second-order valence-electron chi connectivity index (χ2n) is 4.33. The first-order chi connectivity index (χ1) is 9.13. The van der Waals surface area contributed by atoms with Crippen LogP contribution < -0.4 is 0 Å². The summed E-state index contributed by atoms with van der Waals surface area (Å²) in [5, 5.41) is 1.89. The number of imide groups is 1. The number of likely N-dealkylation sites (tertiary alicyclic amines) is 1. The third-order valence-electron chi connectivity index (χ3n) is 3.08. The Bertz CT molecular complexity index is 467. The Morgan fingerprint density at radius 1 is 1.42 bits per heavy atom. The van der Waals surface area contributed by atoms with Crippen LogP contribution in [-0.2, 0) is 25.5 Å². The molecule has 0 aliphatic carbocycles. The van der Waals surface area contributed by atoms with Crippen molar-refractivity contribution in [2.45, 2.75) is 31.7 Å². The van der Waals surface area contributed by atoms with Crippen molar-refractivity contribution in [3.8, 4) is 0 Å². The molecule has 0 N–H and O–H groups in total. The number of carbonyl (C=O) groups excluding carboxylic acids is 3. The van der Waals surface area contributed by atoms with E-state index in [1.807, 2.05) is 17.5 Å². The Morgan fingerprint density at radius 3 is 2.63 bits per heavy atom. The van der Waals surface area contributed by atoms with Crippen molar-refractivity contribution in [3.05, 3.63) is 22.4 Å². The van der Waals surface area contributed by atoms with Gasteiger partial charge in [-0.1, -0.05) is 6.07 Å². The quantitative estimate of drug-likeness (QED) is 0.617. The molecular formula is C13H15NO4S. The van der Waals surface area contributed by atoms with Gasteiger partial charge in [0, 0.05) is 24.1 Å². The van der Waals surface area contributed by atoms with Crippen LogP contribution in [0.15, 0.2) is 17.5 Å². The number of methoxy groups -OCH3 is 1. The molecule has 6 heteroatoms. The third kappa shape index (κ3) is 3.01. The summed E-state index contributed by atoms with van der Waals surface area (Å²) >= 11 is 1.49. The van der Waals surface area contributed by atoms with Gasteiger partial charge in [0.1, 0.15) is 6.04 Å². The highest BCUT2D eigenvalue weighted by Gasteiger charge is 2.37. The monoisotopic (exact) mass is 281 g/mol. The molecule has 2 amide bonds. The summed E-state index contributed by atoms with van der Waals surface area (Å²) in [6, 6.07) is 2.90. The van der Waals surface area contributed by atoms with Crippen LogP contribution in [0.2, 0.25) is 0 Å². The van der Waals surface area contributed by atoms with Crippen LogP contribution in [0.5, 0.6) is 0 Å². The maximum Gasteiger partial charge on any atom is 0.329 e. The average molecular weight is 281 g/mol. The predicted octanol–water partition coefficient (Wildman–Crippen LogP) is 1.37. The van der Waals surface area contributed by atoms with Crippen LogP contribution in [0.4, 0.5) is 0 Å². The molecule has 1 atom stereocenters. The number of rotatable bonds is 4. The van der Waals surface area contributed by atoms with E-state index in [1.165, 1.54) is 18.4 Å². The summed E-state index contributed by atoms with van der Waals surface area (Å²) in [5.41, 5.74) is 0. The first-order valence-corrected chi connectivity index (χ1v) is 6.96. The first-order valence-electron chi connectivity index (χ1n) is 6.08. The molecular weight excluding hydrogens is 266 g/mol. The number of carbonyl (C=O) groups is 3. The molecule has 5 nitrogen and oxygen atoms in total. The highest BCUT2D eigenvalue weighted by atomic mass is 32.1. The second-order valence-corrected chi connectivity index (χ2v) is 5.37. The van der Waals surface area contributed by atoms with Gasteiger partial charge in [0.2, 0.25) is 11.8 Å². The van der Waals surface area contributed by atoms with Crippen molar-refractivity contribution in [3.63, 3.8) is 0 Å². The van der Waals surface area contributed by atoms with Crippen molar-refractivity contribution < 1.29 is 19.1 Å². The van der Waals surface area contributed by atoms with Gasteiger partial charge in [-0.3, -0.25) is 14.5 Å². The number of ether oxygens (including phenoxy) is 1. The molecule has 2 heterocycles. The summed E-state index contributed by atoms with van der Waals surface area (Å²) in [4.78, 5) is 37.7. The van der Waals surface area contributed by atoms with Gasteiger partial charge in [-0.05, 0) is 17.9 Å². The van der Waals surface area contributed by atoms with Crippen molar-refractivity contribution in [1.82, 2.24) is 4.90 Å². The van der Waals surface area contributed by atoms with Crippen molar-refractivity contribution in [2.75, 3.05) is 7.11 Å². The first kappa shape index (κ1) is 13.7. The number of hydrogen-bond donors (Lipinski definition) is 0. The van der Waals surface area contributed by atoms with Gasteiger partial charge in [0.15, 0.2) is 0 Å². The van der Waals surface area contributed by atoms with Crippen LogP contribution in [0.3, 0.4) is 0 Å². The normalized spacial score (nSPS) is 17.4. The summed E-state index contributed by atoms with van der Waals surface area (Å²) in [5.74, 6) is -1.12. The molecule has 0 saturated carbocycles. The minimum atomic E-state index is -0.844. The third-order valence-corrected chi connectivity index (χ3v) is 3.98. The second kappa shape index (κ2) is 5.97. The molecule has 1 aromatic heterocycles. The Balaban J connectivity index is 2.23. The van der Waals surface area contributed by atoms with Crippen LogP contribution in [0, 0.1) is 0 Å². The Morgan fingerprint density at radius 2 is 2.11 bits per heavy atom. The van der Waals surface area contributed by atoms with Gasteiger partial charge in [-0.2, -0.15) is 0 Å². The van der Waals surface area contributed by atoms with E-state index in [0.29, 0.717) is 25.7 Å². The zero-order valence-corrected chi connectivity index (χ0v) is 11.4.